The Balaban J connectivity index is 1.79. The van der Waals surface area contributed by atoms with Crippen LogP contribution in [0.3, 0.4) is 0 Å². The Hall–Kier alpha value is -0.940. The number of hydrogen-bond acceptors (Lipinski definition) is 4. The van der Waals surface area contributed by atoms with Gasteiger partial charge in [0.15, 0.2) is 0 Å². The van der Waals surface area contributed by atoms with Crippen LogP contribution in [0.4, 0.5) is 0 Å². The highest BCUT2D eigenvalue weighted by molar-refractivity contribution is 7.09. The predicted molar refractivity (Wildman–Crippen MR) is 73.5 cm³/mol. The first-order valence-electron chi connectivity index (χ1n) is 6.52. The molecule has 0 spiro atoms. The number of rotatable bonds is 5. The maximum absolute atomic E-state index is 11.9. The molecule has 0 radical (unpaired) electrons. The molecule has 2 N–H and O–H groups in total. The van der Waals surface area contributed by atoms with E-state index < -0.39 is 0 Å². The Morgan fingerprint density at radius 1 is 1.67 bits per heavy atom. The highest BCUT2D eigenvalue weighted by Crippen LogP contribution is 2.22. The third-order valence-corrected chi connectivity index (χ3v) is 4.40. The lowest BCUT2D eigenvalue weighted by Crippen LogP contribution is -2.41. The van der Waals surface area contributed by atoms with Gasteiger partial charge in [-0.1, -0.05) is 0 Å². The minimum atomic E-state index is -0.367. The van der Waals surface area contributed by atoms with Crippen LogP contribution in [0.2, 0.25) is 0 Å². The second-order valence-corrected chi connectivity index (χ2v) is 6.24. The molecule has 2 rings (SSSR count). The van der Waals surface area contributed by atoms with Crippen molar-refractivity contribution >= 4 is 17.2 Å². The van der Waals surface area contributed by atoms with Gasteiger partial charge in [0.05, 0.1) is 5.54 Å². The van der Waals surface area contributed by atoms with E-state index in [2.05, 4.69) is 15.6 Å². The Morgan fingerprint density at radius 2 is 2.50 bits per heavy atom. The van der Waals surface area contributed by atoms with Gasteiger partial charge in [-0.3, -0.25) is 4.79 Å². The van der Waals surface area contributed by atoms with Crippen LogP contribution in [0.1, 0.15) is 44.5 Å². The fourth-order valence-corrected chi connectivity index (χ4v) is 3.02. The summed E-state index contributed by atoms with van der Waals surface area (Å²) < 4.78 is 0. The Labute approximate surface area is 112 Å². The highest BCUT2D eigenvalue weighted by Gasteiger charge is 2.25. The summed E-state index contributed by atoms with van der Waals surface area (Å²) in [5.41, 5.74) is -0.367. The summed E-state index contributed by atoms with van der Waals surface area (Å²) in [7, 11) is 0. The number of nitrogens with one attached hydrogen (secondary N) is 2. The van der Waals surface area contributed by atoms with Crippen molar-refractivity contribution in [3.63, 3.8) is 0 Å². The van der Waals surface area contributed by atoms with Crippen LogP contribution in [-0.4, -0.2) is 23.5 Å². The number of carbonyl (C=O) groups excluding carboxylic acids is 1. The summed E-state index contributed by atoms with van der Waals surface area (Å²) >= 11 is 1.58. The van der Waals surface area contributed by atoms with Crippen LogP contribution in [0.25, 0.3) is 0 Å². The molecule has 100 valence electrons. The van der Waals surface area contributed by atoms with Gasteiger partial charge in [-0.05, 0) is 39.7 Å². The lowest BCUT2D eigenvalue weighted by molar-refractivity contribution is -0.123. The second-order valence-electron chi connectivity index (χ2n) is 5.34. The van der Waals surface area contributed by atoms with E-state index in [-0.39, 0.29) is 11.4 Å². The van der Waals surface area contributed by atoms with Crippen molar-refractivity contribution in [2.75, 3.05) is 6.54 Å². The summed E-state index contributed by atoms with van der Waals surface area (Å²) in [6, 6.07) is 0.527. The highest BCUT2D eigenvalue weighted by atomic mass is 32.1. The summed E-state index contributed by atoms with van der Waals surface area (Å²) in [4.78, 5) is 16.2. The maximum atomic E-state index is 11.9. The Bertz CT molecular complexity index is 383. The van der Waals surface area contributed by atoms with Crippen molar-refractivity contribution in [2.45, 2.75) is 51.1 Å². The second kappa shape index (κ2) is 5.80. The van der Waals surface area contributed by atoms with Gasteiger partial charge in [-0.2, -0.15) is 0 Å². The fourth-order valence-electron chi connectivity index (χ4n) is 2.31. The van der Waals surface area contributed by atoms with E-state index in [1.54, 1.807) is 17.5 Å². The number of aromatic nitrogens is 1. The molecule has 1 fully saturated rings. The molecule has 5 heteroatoms. The van der Waals surface area contributed by atoms with Gasteiger partial charge in [-0.25, -0.2) is 4.98 Å². The van der Waals surface area contributed by atoms with Crippen LogP contribution >= 0.6 is 11.3 Å². The summed E-state index contributed by atoms with van der Waals surface area (Å²) in [6.07, 6.45) is 5.72. The Morgan fingerprint density at radius 3 is 3.11 bits per heavy atom. The zero-order valence-electron chi connectivity index (χ0n) is 11.0. The van der Waals surface area contributed by atoms with Gasteiger partial charge in [0.2, 0.25) is 5.91 Å². The number of carbonyl (C=O) groups is 1. The lowest BCUT2D eigenvalue weighted by atomic mass is 10.1. The van der Waals surface area contributed by atoms with Gasteiger partial charge in [0.25, 0.3) is 0 Å². The number of nitrogens with zero attached hydrogens (tertiary/aromatic N) is 1. The molecular weight excluding hydrogens is 246 g/mol. The van der Waals surface area contributed by atoms with Crippen LogP contribution in [0.5, 0.6) is 0 Å². The van der Waals surface area contributed by atoms with Gasteiger partial charge >= 0.3 is 0 Å². The molecule has 1 aromatic heterocycles. The van der Waals surface area contributed by atoms with Crippen LogP contribution in [-0.2, 0) is 10.3 Å². The minimum Gasteiger partial charge on any atom is -0.345 e. The summed E-state index contributed by atoms with van der Waals surface area (Å²) in [6.45, 7) is 5.09. The molecule has 0 bridgehead atoms. The van der Waals surface area contributed by atoms with E-state index >= 15 is 0 Å². The van der Waals surface area contributed by atoms with E-state index in [1.165, 1.54) is 12.8 Å². The zero-order chi connectivity index (χ0) is 13.0. The summed E-state index contributed by atoms with van der Waals surface area (Å²) in [5.74, 6) is 0.115. The van der Waals surface area contributed by atoms with Crippen LogP contribution in [0, 0.1) is 0 Å². The molecule has 1 aromatic rings. The molecule has 18 heavy (non-hydrogen) atoms. The molecule has 1 unspecified atom stereocenters. The van der Waals surface area contributed by atoms with Crippen molar-refractivity contribution in [1.29, 1.82) is 0 Å². The molecule has 1 aliphatic rings. The normalized spacial score (nSPS) is 20.0. The SMILES string of the molecule is CC(C)(NC(=O)CCC1CCCN1)c1nccs1. The molecule has 1 atom stereocenters. The summed E-state index contributed by atoms with van der Waals surface area (Å²) in [5, 5.41) is 9.37. The number of amides is 1. The molecule has 0 aromatic carbocycles. The van der Waals surface area contributed by atoms with Gasteiger partial charge < -0.3 is 10.6 Å². The first kappa shape index (κ1) is 13.5. The van der Waals surface area contributed by atoms with E-state index in [4.69, 9.17) is 0 Å². The molecule has 1 aliphatic heterocycles. The number of hydrogen-bond donors (Lipinski definition) is 2. The molecular formula is C13H21N3OS. The van der Waals surface area contributed by atoms with Gasteiger partial charge in [0.1, 0.15) is 5.01 Å². The van der Waals surface area contributed by atoms with Crippen LogP contribution in [0.15, 0.2) is 11.6 Å². The zero-order valence-corrected chi connectivity index (χ0v) is 11.8. The number of thiazole rings is 1. The third kappa shape index (κ3) is 3.53. The van der Waals surface area contributed by atoms with Crippen molar-refractivity contribution in [2.24, 2.45) is 0 Å². The standard InChI is InChI=1S/C13H21N3OS/c1-13(2,12-15-8-9-18-12)16-11(17)6-5-10-4-3-7-14-10/h8-10,14H,3-7H2,1-2H3,(H,16,17). The van der Waals surface area contributed by atoms with Crippen LogP contribution < -0.4 is 10.6 Å². The fraction of sp³-hybridized carbons (Fsp3) is 0.692. The Kier molecular flexibility index (Phi) is 4.35. The third-order valence-electron chi connectivity index (χ3n) is 3.30. The smallest absolute Gasteiger partial charge is 0.220 e. The van der Waals surface area contributed by atoms with E-state index in [0.717, 1.165) is 18.0 Å². The lowest BCUT2D eigenvalue weighted by Gasteiger charge is -2.24. The average Bonchev–Trinajstić information content (AvgIpc) is 2.99. The first-order valence-corrected chi connectivity index (χ1v) is 7.40. The first-order chi connectivity index (χ1) is 8.58. The maximum Gasteiger partial charge on any atom is 0.220 e. The minimum absolute atomic E-state index is 0.115. The molecule has 1 saturated heterocycles. The largest absolute Gasteiger partial charge is 0.345 e. The van der Waals surface area contributed by atoms with Gasteiger partial charge in [-0.15, -0.1) is 11.3 Å². The van der Waals surface area contributed by atoms with Gasteiger partial charge in [0, 0.05) is 24.0 Å². The van der Waals surface area contributed by atoms with Crippen molar-refractivity contribution < 1.29 is 4.79 Å². The van der Waals surface area contributed by atoms with E-state index in [9.17, 15) is 4.79 Å². The van der Waals surface area contributed by atoms with Crippen molar-refractivity contribution in [3.8, 4) is 0 Å². The van der Waals surface area contributed by atoms with E-state index in [1.807, 2.05) is 19.2 Å². The average molecular weight is 267 g/mol. The molecule has 4 nitrogen and oxygen atoms in total. The molecule has 0 saturated carbocycles. The molecule has 2 heterocycles. The van der Waals surface area contributed by atoms with Crippen molar-refractivity contribution in [3.05, 3.63) is 16.6 Å². The van der Waals surface area contributed by atoms with E-state index in [0.29, 0.717) is 12.5 Å². The predicted octanol–water partition coefficient (Wildman–Crippen LogP) is 2.03. The molecule has 0 aliphatic carbocycles. The monoisotopic (exact) mass is 267 g/mol. The molecule has 1 amide bonds. The van der Waals surface area contributed by atoms with Crippen molar-refractivity contribution in [1.82, 2.24) is 15.6 Å². The topological polar surface area (TPSA) is 54.0 Å². The quantitative estimate of drug-likeness (QED) is 0.858.